The van der Waals surface area contributed by atoms with Crippen LogP contribution in [0.5, 0.6) is 0 Å². The van der Waals surface area contributed by atoms with E-state index in [-0.39, 0.29) is 5.69 Å². The van der Waals surface area contributed by atoms with Crippen molar-refractivity contribution in [3.63, 3.8) is 0 Å². The van der Waals surface area contributed by atoms with Crippen molar-refractivity contribution in [2.24, 2.45) is 0 Å². The maximum absolute atomic E-state index is 11.1. The average Bonchev–Trinajstić information content (AvgIpc) is 2.90. The predicted molar refractivity (Wildman–Crippen MR) is 81.8 cm³/mol. The van der Waals surface area contributed by atoms with Crippen molar-refractivity contribution in [1.29, 1.82) is 0 Å². The molecule has 2 atom stereocenters. The maximum atomic E-state index is 11.1. The zero-order chi connectivity index (χ0) is 14.8. The molecule has 1 N–H and O–H groups in total. The Hall–Kier alpha value is -2.36. The maximum Gasteiger partial charge on any atom is 0.354 e. The summed E-state index contributed by atoms with van der Waals surface area (Å²) in [5.41, 5.74) is 1.43. The largest absolute Gasteiger partial charge is 0.477 e. The lowest BCUT2D eigenvalue weighted by molar-refractivity contribution is 0.0690. The number of aromatic nitrogens is 1. The number of hydrogen-bond donors (Lipinski definition) is 1. The first-order valence-corrected chi connectivity index (χ1v) is 7.17. The smallest absolute Gasteiger partial charge is 0.354 e. The summed E-state index contributed by atoms with van der Waals surface area (Å²) in [7, 11) is 0. The van der Waals surface area contributed by atoms with E-state index in [2.05, 4.69) is 41.1 Å². The fourth-order valence-corrected chi connectivity index (χ4v) is 3.02. The minimum absolute atomic E-state index is 0.0999. The second-order valence-electron chi connectivity index (χ2n) is 5.53. The van der Waals surface area contributed by atoms with Crippen molar-refractivity contribution in [2.45, 2.75) is 25.3 Å². The van der Waals surface area contributed by atoms with Gasteiger partial charge >= 0.3 is 5.97 Å². The first-order chi connectivity index (χ1) is 10.1. The van der Waals surface area contributed by atoms with E-state index in [1.807, 2.05) is 12.1 Å². The molecule has 2 unspecified atom stereocenters. The SMILES string of the molecule is CC1CC(c2ccccc2)CN1c1cccc(C(=O)O)n1. The van der Waals surface area contributed by atoms with Crippen molar-refractivity contribution < 1.29 is 9.90 Å². The summed E-state index contributed by atoms with van der Waals surface area (Å²) < 4.78 is 0. The van der Waals surface area contributed by atoms with Crippen LogP contribution in [0.25, 0.3) is 0 Å². The van der Waals surface area contributed by atoms with Gasteiger partial charge in [-0.15, -0.1) is 0 Å². The number of carboxylic acid groups (broad SMARTS) is 1. The number of carbonyl (C=O) groups is 1. The van der Waals surface area contributed by atoms with Crippen LogP contribution >= 0.6 is 0 Å². The molecule has 2 heterocycles. The molecular formula is C17H18N2O2. The zero-order valence-electron chi connectivity index (χ0n) is 11.9. The Balaban J connectivity index is 1.84. The zero-order valence-corrected chi connectivity index (χ0v) is 11.9. The van der Waals surface area contributed by atoms with E-state index in [1.165, 1.54) is 11.6 Å². The molecule has 1 aliphatic heterocycles. The second-order valence-corrected chi connectivity index (χ2v) is 5.53. The van der Waals surface area contributed by atoms with E-state index in [9.17, 15) is 4.79 Å². The Labute approximate surface area is 124 Å². The van der Waals surface area contributed by atoms with Crippen LogP contribution in [-0.2, 0) is 0 Å². The van der Waals surface area contributed by atoms with Gasteiger partial charge in [0.1, 0.15) is 5.82 Å². The van der Waals surface area contributed by atoms with Gasteiger partial charge in [-0.1, -0.05) is 36.4 Å². The van der Waals surface area contributed by atoms with Gasteiger partial charge in [0.2, 0.25) is 0 Å². The molecule has 108 valence electrons. The second kappa shape index (κ2) is 5.56. The standard InChI is InChI=1S/C17H18N2O2/c1-12-10-14(13-6-3-2-4-7-13)11-19(12)16-9-5-8-15(18-16)17(20)21/h2-9,12,14H,10-11H2,1H3,(H,20,21). The molecule has 3 rings (SSSR count). The highest BCUT2D eigenvalue weighted by Gasteiger charge is 2.31. The highest BCUT2D eigenvalue weighted by molar-refractivity contribution is 5.85. The van der Waals surface area contributed by atoms with Gasteiger partial charge in [-0.05, 0) is 31.0 Å². The molecule has 0 bridgehead atoms. The van der Waals surface area contributed by atoms with Crippen LogP contribution in [0.3, 0.4) is 0 Å². The molecule has 0 saturated carbocycles. The minimum Gasteiger partial charge on any atom is -0.477 e. The molecule has 2 aromatic rings. The number of aromatic carboxylic acids is 1. The molecule has 1 aromatic carbocycles. The van der Waals surface area contributed by atoms with Crippen LogP contribution in [0.2, 0.25) is 0 Å². The first kappa shape index (κ1) is 13.6. The van der Waals surface area contributed by atoms with Crippen LogP contribution in [0.4, 0.5) is 5.82 Å². The van der Waals surface area contributed by atoms with Gasteiger partial charge in [0.05, 0.1) is 0 Å². The summed E-state index contributed by atoms with van der Waals surface area (Å²) in [5, 5.41) is 9.07. The third-order valence-electron chi connectivity index (χ3n) is 4.09. The summed E-state index contributed by atoms with van der Waals surface area (Å²) in [6.45, 7) is 3.04. The quantitative estimate of drug-likeness (QED) is 0.939. The van der Waals surface area contributed by atoms with Crippen molar-refractivity contribution in [3.05, 3.63) is 59.8 Å². The Bertz CT molecular complexity index is 642. The molecular weight excluding hydrogens is 264 g/mol. The van der Waals surface area contributed by atoms with Crippen molar-refractivity contribution >= 4 is 11.8 Å². The van der Waals surface area contributed by atoms with E-state index in [4.69, 9.17) is 5.11 Å². The highest BCUT2D eigenvalue weighted by Crippen LogP contribution is 2.34. The number of pyridine rings is 1. The Morgan fingerprint density at radius 1 is 1.19 bits per heavy atom. The van der Waals surface area contributed by atoms with E-state index in [1.54, 1.807) is 6.07 Å². The monoisotopic (exact) mass is 282 g/mol. The Kier molecular flexibility index (Phi) is 3.60. The lowest BCUT2D eigenvalue weighted by atomic mass is 9.97. The van der Waals surface area contributed by atoms with Crippen LogP contribution < -0.4 is 4.90 Å². The van der Waals surface area contributed by atoms with Gasteiger partial charge in [0.15, 0.2) is 5.69 Å². The van der Waals surface area contributed by atoms with Crippen LogP contribution in [0, 0.1) is 0 Å². The molecule has 21 heavy (non-hydrogen) atoms. The van der Waals surface area contributed by atoms with E-state index in [0.717, 1.165) is 18.8 Å². The Morgan fingerprint density at radius 2 is 1.95 bits per heavy atom. The molecule has 0 aliphatic carbocycles. The fourth-order valence-electron chi connectivity index (χ4n) is 3.02. The summed E-state index contributed by atoms with van der Waals surface area (Å²) in [5.74, 6) is 0.237. The predicted octanol–water partition coefficient (Wildman–Crippen LogP) is 3.16. The molecule has 4 heteroatoms. The van der Waals surface area contributed by atoms with Gasteiger partial charge in [-0.2, -0.15) is 0 Å². The molecule has 0 spiro atoms. The number of anilines is 1. The fraction of sp³-hybridized carbons (Fsp3) is 0.294. The summed E-state index contributed by atoms with van der Waals surface area (Å²) in [4.78, 5) is 17.5. The first-order valence-electron chi connectivity index (χ1n) is 7.17. The molecule has 0 radical (unpaired) electrons. The third-order valence-corrected chi connectivity index (χ3v) is 4.09. The van der Waals surface area contributed by atoms with E-state index >= 15 is 0 Å². The lowest BCUT2D eigenvalue weighted by Crippen LogP contribution is -2.28. The summed E-state index contributed by atoms with van der Waals surface area (Å²) >= 11 is 0. The van der Waals surface area contributed by atoms with Gasteiger partial charge < -0.3 is 10.0 Å². The normalized spacial score (nSPS) is 21.5. The van der Waals surface area contributed by atoms with Gasteiger partial charge in [-0.3, -0.25) is 0 Å². The topological polar surface area (TPSA) is 53.4 Å². The number of hydrogen-bond acceptors (Lipinski definition) is 3. The number of nitrogens with zero attached hydrogens (tertiary/aromatic N) is 2. The van der Waals surface area contributed by atoms with Crippen molar-refractivity contribution in [2.75, 3.05) is 11.4 Å². The minimum atomic E-state index is -0.983. The Morgan fingerprint density at radius 3 is 2.67 bits per heavy atom. The van der Waals surface area contributed by atoms with E-state index in [0.29, 0.717) is 12.0 Å². The van der Waals surface area contributed by atoms with Crippen molar-refractivity contribution in [3.8, 4) is 0 Å². The molecule has 1 aromatic heterocycles. The van der Waals surface area contributed by atoms with Crippen LogP contribution in [0.1, 0.15) is 35.3 Å². The highest BCUT2D eigenvalue weighted by atomic mass is 16.4. The molecule has 0 amide bonds. The third kappa shape index (κ3) is 2.75. The van der Waals surface area contributed by atoms with Crippen LogP contribution in [0.15, 0.2) is 48.5 Å². The average molecular weight is 282 g/mol. The number of carboxylic acids is 1. The molecule has 1 aliphatic rings. The molecule has 4 nitrogen and oxygen atoms in total. The van der Waals surface area contributed by atoms with Gasteiger partial charge in [-0.25, -0.2) is 9.78 Å². The van der Waals surface area contributed by atoms with E-state index < -0.39 is 5.97 Å². The number of rotatable bonds is 3. The lowest BCUT2D eigenvalue weighted by Gasteiger charge is -2.22. The van der Waals surface area contributed by atoms with Gasteiger partial charge in [0, 0.05) is 18.5 Å². The number of benzene rings is 1. The molecule has 1 saturated heterocycles. The van der Waals surface area contributed by atoms with Crippen molar-refractivity contribution in [1.82, 2.24) is 4.98 Å². The summed E-state index contributed by atoms with van der Waals surface area (Å²) in [6, 6.07) is 16.0. The van der Waals surface area contributed by atoms with Gasteiger partial charge in [0.25, 0.3) is 0 Å². The molecule has 1 fully saturated rings. The van der Waals surface area contributed by atoms with Crippen LogP contribution in [-0.4, -0.2) is 28.6 Å². The summed E-state index contributed by atoms with van der Waals surface area (Å²) in [6.07, 6.45) is 1.06.